The van der Waals surface area contributed by atoms with Crippen LogP contribution in [0.1, 0.15) is 19.8 Å². The summed E-state index contributed by atoms with van der Waals surface area (Å²) in [7, 11) is 0. The van der Waals surface area contributed by atoms with E-state index in [1.54, 1.807) is 17.0 Å². The van der Waals surface area contributed by atoms with Crippen molar-refractivity contribution >= 4 is 23.0 Å². The summed E-state index contributed by atoms with van der Waals surface area (Å²) < 4.78 is 12.8. The van der Waals surface area contributed by atoms with Crippen molar-refractivity contribution in [1.29, 1.82) is 0 Å². The van der Waals surface area contributed by atoms with E-state index >= 15 is 0 Å². The van der Waals surface area contributed by atoms with Crippen LogP contribution in [0.15, 0.2) is 24.3 Å². The van der Waals surface area contributed by atoms with Gasteiger partial charge in [0.05, 0.1) is 19.6 Å². The predicted molar refractivity (Wildman–Crippen MR) is 80.0 cm³/mol. The second-order valence-corrected chi connectivity index (χ2v) is 5.35. The van der Waals surface area contributed by atoms with E-state index in [1.807, 2.05) is 0 Å². The van der Waals surface area contributed by atoms with Gasteiger partial charge in [-0.25, -0.2) is 4.39 Å². The maximum Gasteiger partial charge on any atom is 0.170 e. The van der Waals surface area contributed by atoms with Gasteiger partial charge in [-0.2, -0.15) is 0 Å². The van der Waals surface area contributed by atoms with Crippen LogP contribution in [0.25, 0.3) is 0 Å². The average Bonchev–Trinajstić information content (AvgIpc) is 2.86. The lowest BCUT2D eigenvalue weighted by molar-refractivity contribution is -0.909. The van der Waals surface area contributed by atoms with E-state index in [0.717, 1.165) is 12.2 Å². The first kappa shape index (κ1) is 14.2. The largest absolute Gasteiger partial charge is 0.356 e. The molecule has 104 valence electrons. The maximum absolute atomic E-state index is 12.8. The molecule has 5 heteroatoms. The zero-order valence-corrected chi connectivity index (χ0v) is 12.0. The van der Waals surface area contributed by atoms with Crippen LogP contribution in [0, 0.1) is 5.82 Å². The molecule has 0 aliphatic carbocycles. The molecule has 3 N–H and O–H groups in total. The average molecular weight is 282 g/mol. The van der Waals surface area contributed by atoms with Crippen LogP contribution in [-0.4, -0.2) is 30.8 Å². The number of quaternary nitrogens is 1. The molecule has 1 saturated heterocycles. The molecule has 0 bridgehead atoms. The third kappa shape index (κ3) is 4.14. The Morgan fingerprint density at radius 1 is 1.42 bits per heavy atom. The molecule has 1 fully saturated rings. The third-order valence-corrected chi connectivity index (χ3v) is 3.94. The van der Waals surface area contributed by atoms with Crippen LogP contribution in [0.4, 0.5) is 10.1 Å². The van der Waals surface area contributed by atoms with Gasteiger partial charge in [0.2, 0.25) is 0 Å². The Labute approximate surface area is 119 Å². The van der Waals surface area contributed by atoms with Crippen LogP contribution in [-0.2, 0) is 0 Å². The quantitative estimate of drug-likeness (QED) is 0.724. The Balaban J connectivity index is 1.77. The highest BCUT2D eigenvalue weighted by atomic mass is 32.1. The van der Waals surface area contributed by atoms with E-state index in [4.69, 9.17) is 12.2 Å². The summed E-state index contributed by atoms with van der Waals surface area (Å²) in [6, 6.07) is 6.86. The monoisotopic (exact) mass is 282 g/mol. The Morgan fingerprint density at radius 3 is 2.84 bits per heavy atom. The summed E-state index contributed by atoms with van der Waals surface area (Å²) in [4.78, 5) is 1.65. The number of hydrogen-bond acceptors (Lipinski definition) is 1. The molecule has 19 heavy (non-hydrogen) atoms. The van der Waals surface area contributed by atoms with Crippen LogP contribution >= 0.6 is 12.2 Å². The standard InChI is InChI=1S/C14H20FN3S/c1-2-18-9-3-4-13(18)10-16-14(19)17-12-7-5-11(15)6-8-12/h5-8,13H,2-4,9-10H2,1H3,(H2,16,17,19)/p+1/t13-/m1/s1. The summed E-state index contributed by atoms with van der Waals surface area (Å²) in [5.74, 6) is -0.238. The van der Waals surface area contributed by atoms with Crippen molar-refractivity contribution in [3.05, 3.63) is 30.1 Å². The molecule has 0 amide bonds. The third-order valence-electron chi connectivity index (χ3n) is 3.69. The zero-order valence-electron chi connectivity index (χ0n) is 11.2. The van der Waals surface area contributed by atoms with Gasteiger partial charge in [-0.15, -0.1) is 0 Å². The van der Waals surface area contributed by atoms with Crippen molar-refractivity contribution < 1.29 is 9.29 Å². The number of nitrogens with one attached hydrogen (secondary N) is 3. The highest BCUT2D eigenvalue weighted by Crippen LogP contribution is 2.07. The highest BCUT2D eigenvalue weighted by molar-refractivity contribution is 7.80. The Morgan fingerprint density at radius 2 is 2.16 bits per heavy atom. The first-order valence-electron chi connectivity index (χ1n) is 6.84. The van der Waals surface area contributed by atoms with Gasteiger partial charge in [-0.3, -0.25) is 0 Å². The van der Waals surface area contributed by atoms with E-state index in [0.29, 0.717) is 11.2 Å². The van der Waals surface area contributed by atoms with Crippen LogP contribution < -0.4 is 15.5 Å². The van der Waals surface area contributed by atoms with Crippen molar-refractivity contribution in [1.82, 2.24) is 5.32 Å². The summed E-state index contributed by atoms with van der Waals surface area (Å²) in [6.45, 7) is 5.56. The fourth-order valence-electron chi connectivity index (χ4n) is 2.62. The number of likely N-dealkylation sites (tertiary alicyclic amines) is 1. The van der Waals surface area contributed by atoms with Crippen LogP contribution in [0.2, 0.25) is 0 Å². The molecule has 2 atom stereocenters. The lowest BCUT2D eigenvalue weighted by Gasteiger charge is -2.21. The molecule has 1 unspecified atom stereocenters. The molecule has 1 aliphatic heterocycles. The number of rotatable bonds is 4. The maximum atomic E-state index is 12.8. The van der Waals surface area contributed by atoms with Crippen LogP contribution in [0.5, 0.6) is 0 Å². The van der Waals surface area contributed by atoms with Crippen molar-refractivity contribution in [2.45, 2.75) is 25.8 Å². The zero-order chi connectivity index (χ0) is 13.7. The fourth-order valence-corrected chi connectivity index (χ4v) is 2.82. The smallest absolute Gasteiger partial charge is 0.170 e. The number of benzene rings is 1. The van der Waals surface area contributed by atoms with Gasteiger partial charge in [-0.05, 0) is 43.4 Å². The van der Waals surface area contributed by atoms with E-state index in [1.165, 1.54) is 38.1 Å². The molecule has 1 heterocycles. The second kappa shape index (κ2) is 6.82. The van der Waals surface area contributed by atoms with E-state index < -0.39 is 0 Å². The minimum Gasteiger partial charge on any atom is -0.356 e. The molecule has 1 aromatic carbocycles. The minimum absolute atomic E-state index is 0.238. The van der Waals surface area contributed by atoms with Crippen molar-refractivity contribution in [2.75, 3.05) is 25.0 Å². The molecule has 1 aromatic rings. The summed E-state index contributed by atoms with van der Waals surface area (Å²) in [5.41, 5.74) is 0.810. The first-order valence-corrected chi connectivity index (χ1v) is 7.25. The molecule has 0 saturated carbocycles. The molecular formula is C14H21FN3S+. The number of thiocarbonyl (C=S) groups is 1. The number of halogens is 1. The van der Waals surface area contributed by atoms with Gasteiger partial charge in [0.15, 0.2) is 5.11 Å². The molecule has 1 aliphatic rings. The van der Waals surface area contributed by atoms with Gasteiger partial charge in [0.25, 0.3) is 0 Å². The van der Waals surface area contributed by atoms with Gasteiger partial charge >= 0.3 is 0 Å². The van der Waals surface area contributed by atoms with Crippen molar-refractivity contribution in [3.8, 4) is 0 Å². The fraction of sp³-hybridized carbons (Fsp3) is 0.500. The predicted octanol–water partition coefficient (Wildman–Crippen LogP) is 1.18. The molecule has 0 radical (unpaired) electrons. The number of likely N-dealkylation sites (N-methyl/N-ethyl adjacent to an activating group) is 1. The highest BCUT2D eigenvalue weighted by Gasteiger charge is 2.26. The summed E-state index contributed by atoms with van der Waals surface area (Å²) >= 11 is 5.25. The van der Waals surface area contributed by atoms with Crippen LogP contribution in [0.3, 0.4) is 0 Å². The normalized spacial score (nSPS) is 22.2. The van der Waals surface area contributed by atoms with E-state index in [2.05, 4.69) is 17.6 Å². The lowest BCUT2D eigenvalue weighted by atomic mass is 10.2. The minimum atomic E-state index is -0.238. The van der Waals surface area contributed by atoms with E-state index in [-0.39, 0.29) is 5.82 Å². The molecule has 3 nitrogen and oxygen atoms in total. The SMILES string of the molecule is CC[NH+]1CCC[C@@H]1CNC(=S)Nc1ccc(F)cc1. The Hall–Kier alpha value is -1.20. The van der Waals surface area contributed by atoms with Crippen molar-refractivity contribution in [3.63, 3.8) is 0 Å². The topological polar surface area (TPSA) is 28.5 Å². The number of anilines is 1. The van der Waals surface area contributed by atoms with Gasteiger partial charge in [0, 0.05) is 18.5 Å². The summed E-state index contributed by atoms with van der Waals surface area (Å²) in [6.07, 6.45) is 2.56. The van der Waals surface area contributed by atoms with E-state index in [9.17, 15) is 4.39 Å². The number of hydrogen-bond donors (Lipinski definition) is 3. The van der Waals surface area contributed by atoms with Gasteiger partial charge in [-0.1, -0.05) is 0 Å². The molecule has 2 rings (SSSR count). The van der Waals surface area contributed by atoms with Gasteiger partial charge in [0.1, 0.15) is 11.9 Å². The first-order chi connectivity index (χ1) is 9.19. The Bertz CT molecular complexity index is 421. The second-order valence-electron chi connectivity index (χ2n) is 4.94. The van der Waals surface area contributed by atoms with Gasteiger partial charge < -0.3 is 15.5 Å². The summed E-state index contributed by atoms with van der Waals surface area (Å²) in [5, 5.41) is 6.93. The Kier molecular flexibility index (Phi) is 5.10. The van der Waals surface area contributed by atoms with Crippen molar-refractivity contribution in [2.24, 2.45) is 0 Å². The molecule has 0 spiro atoms. The lowest BCUT2D eigenvalue weighted by Crippen LogP contribution is -3.14. The molecule has 0 aromatic heterocycles. The molecular weight excluding hydrogens is 261 g/mol.